The highest BCUT2D eigenvalue weighted by atomic mass is 16.3. The number of nitrogens with zero attached hydrogens (tertiary/aromatic N) is 3. The SMILES string of the molecule is O=C(Cc1ccccc1)N1CCC(C[C@H](O)[C@H]2c3ccccc3-c3cncn32)CC1. The zero-order chi connectivity index (χ0) is 20.5. The van der Waals surface area contributed by atoms with Crippen molar-refractivity contribution in [3.63, 3.8) is 0 Å². The number of amides is 1. The van der Waals surface area contributed by atoms with E-state index in [1.807, 2.05) is 59.9 Å². The highest BCUT2D eigenvalue weighted by molar-refractivity contribution is 5.78. The molecule has 0 bridgehead atoms. The van der Waals surface area contributed by atoms with Gasteiger partial charge in [0.2, 0.25) is 5.91 Å². The number of aliphatic hydroxyl groups is 1. The lowest BCUT2D eigenvalue weighted by Crippen LogP contribution is -2.40. The van der Waals surface area contributed by atoms with E-state index >= 15 is 0 Å². The zero-order valence-corrected chi connectivity index (χ0v) is 17.0. The van der Waals surface area contributed by atoms with Gasteiger partial charge in [0.1, 0.15) is 0 Å². The second-order valence-corrected chi connectivity index (χ2v) is 8.51. The van der Waals surface area contributed by atoms with Crippen LogP contribution < -0.4 is 0 Å². The van der Waals surface area contributed by atoms with Gasteiger partial charge in [0, 0.05) is 18.7 Å². The minimum Gasteiger partial charge on any atom is -0.391 e. The Balaban J connectivity index is 1.20. The molecule has 1 amide bonds. The number of fused-ring (bicyclic) bond motifs is 3. The molecule has 3 heterocycles. The van der Waals surface area contributed by atoms with Crippen molar-refractivity contribution in [3.05, 3.63) is 78.2 Å². The lowest BCUT2D eigenvalue weighted by molar-refractivity contribution is -0.132. The molecule has 5 rings (SSSR count). The smallest absolute Gasteiger partial charge is 0.226 e. The van der Waals surface area contributed by atoms with Crippen LogP contribution in [0.4, 0.5) is 0 Å². The number of aromatic nitrogens is 2. The Hall–Kier alpha value is -2.92. The number of carbonyl (C=O) groups is 1. The van der Waals surface area contributed by atoms with Crippen molar-refractivity contribution < 1.29 is 9.90 Å². The standard InChI is InChI=1S/C25H27N3O2/c29-23(25-21-9-5-4-8-20(21)22-16-26-17-28(22)25)14-19-10-12-27(13-11-19)24(30)15-18-6-2-1-3-7-18/h1-9,16-17,19,23,25,29H,10-15H2/t23-,25+/m0/s1. The monoisotopic (exact) mass is 401 g/mol. The maximum Gasteiger partial charge on any atom is 0.226 e. The minimum absolute atomic E-state index is 0.0727. The summed E-state index contributed by atoms with van der Waals surface area (Å²) in [6.07, 6.45) is 6.36. The van der Waals surface area contributed by atoms with Crippen LogP contribution in [-0.4, -0.2) is 44.7 Å². The Bertz CT molecular complexity index is 1020. The van der Waals surface area contributed by atoms with Gasteiger partial charge in [-0.2, -0.15) is 0 Å². The number of imidazole rings is 1. The molecule has 1 fully saturated rings. The summed E-state index contributed by atoms with van der Waals surface area (Å²) in [6, 6.07) is 18.1. The van der Waals surface area contributed by atoms with Crippen LogP contribution in [0.2, 0.25) is 0 Å². The van der Waals surface area contributed by atoms with Crippen molar-refractivity contribution >= 4 is 5.91 Å². The first kappa shape index (κ1) is 19.1. The number of rotatable bonds is 5. The molecule has 1 N–H and O–H groups in total. The van der Waals surface area contributed by atoms with E-state index in [2.05, 4.69) is 21.7 Å². The molecule has 2 aliphatic rings. The molecule has 0 saturated carbocycles. The summed E-state index contributed by atoms with van der Waals surface area (Å²) < 4.78 is 2.11. The average molecular weight is 402 g/mol. The lowest BCUT2D eigenvalue weighted by atomic mass is 9.87. The molecule has 1 aromatic heterocycles. The highest BCUT2D eigenvalue weighted by Crippen LogP contribution is 2.42. The van der Waals surface area contributed by atoms with Crippen LogP contribution in [0.3, 0.4) is 0 Å². The van der Waals surface area contributed by atoms with Crippen LogP contribution in [0.5, 0.6) is 0 Å². The van der Waals surface area contributed by atoms with Crippen LogP contribution in [0, 0.1) is 5.92 Å². The van der Waals surface area contributed by atoms with E-state index in [1.165, 1.54) is 11.1 Å². The van der Waals surface area contributed by atoms with Gasteiger partial charge in [-0.05, 0) is 36.3 Å². The van der Waals surface area contributed by atoms with Crippen LogP contribution >= 0.6 is 0 Å². The van der Waals surface area contributed by atoms with E-state index in [0.29, 0.717) is 12.3 Å². The number of aliphatic hydroxyl groups excluding tert-OH is 1. The van der Waals surface area contributed by atoms with E-state index in [0.717, 1.165) is 43.6 Å². The summed E-state index contributed by atoms with van der Waals surface area (Å²) >= 11 is 0. The zero-order valence-electron chi connectivity index (χ0n) is 17.0. The fourth-order valence-corrected chi connectivity index (χ4v) is 5.04. The van der Waals surface area contributed by atoms with E-state index in [4.69, 9.17) is 0 Å². The first-order chi connectivity index (χ1) is 14.7. The van der Waals surface area contributed by atoms with Gasteiger partial charge >= 0.3 is 0 Å². The van der Waals surface area contributed by atoms with Crippen molar-refractivity contribution in [1.82, 2.24) is 14.5 Å². The van der Waals surface area contributed by atoms with Gasteiger partial charge in [-0.25, -0.2) is 4.98 Å². The van der Waals surface area contributed by atoms with Crippen LogP contribution in [0.25, 0.3) is 11.3 Å². The maximum absolute atomic E-state index is 12.6. The first-order valence-corrected chi connectivity index (χ1v) is 10.8. The fraction of sp³-hybridized carbons (Fsp3) is 0.360. The molecule has 2 aromatic carbocycles. The summed E-state index contributed by atoms with van der Waals surface area (Å²) in [5.41, 5.74) is 4.49. The molecule has 5 heteroatoms. The molecule has 5 nitrogen and oxygen atoms in total. The van der Waals surface area contributed by atoms with Crippen molar-refractivity contribution in [1.29, 1.82) is 0 Å². The highest BCUT2D eigenvalue weighted by Gasteiger charge is 2.35. The summed E-state index contributed by atoms with van der Waals surface area (Å²) in [7, 11) is 0. The molecular weight excluding hydrogens is 374 g/mol. The molecule has 30 heavy (non-hydrogen) atoms. The molecule has 2 atom stereocenters. The lowest BCUT2D eigenvalue weighted by Gasteiger charge is -2.34. The Labute approximate surface area is 177 Å². The number of benzene rings is 2. The van der Waals surface area contributed by atoms with Crippen molar-refractivity contribution in [3.8, 4) is 11.3 Å². The van der Waals surface area contributed by atoms with Crippen molar-refractivity contribution in [2.24, 2.45) is 5.92 Å². The Morgan fingerprint density at radius 3 is 2.60 bits per heavy atom. The topological polar surface area (TPSA) is 58.4 Å². The first-order valence-electron chi connectivity index (χ1n) is 10.8. The van der Waals surface area contributed by atoms with E-state index in [-0.39, 0.29) is 11.9 Å². The number of hydrogen-bond donors (Lipinski definition) is 1. The molecule has 0 unspecified atom stereocenters. The molecule has 2 aliphatic heterocycles. The van der Waals surface area contributed by atoms with Crippen LogP contribution in [-0.2, 0) is 11.2 Å². The van der Waals surface area contributed by atoms with Gasteiger partial charge < -0.3 is 14.6 Å². The average Bonchev–Trinajstić information content (AvgIpc) is 3.35. The molecule has 0 radical (unpaired) electrons. The second kappa shape index (κ2) is 8.07. The second-order valence-electron chi connectivity index (χ2n) is 8.51. The van der Waals surface area contributed by atoms with E-state index in [1.54, 1.807) is 0 Å². The normalized spacial score (nSPS) is 19.4. The minimum atomic E-state index is -0.460. The predicted octanol–water partition coefficient (Wildman–Crippen LogP) is 3.69. The third-order valence-corrected chi connectivity index (χ3v) is 6.63. The third-order valence-electron chi connectivity index (χ3n) is 6.63. The third kappa shape index (κ3) is 3.54. The summed E-state index contributed by atoms with van der Waals surface area (Å²) in [5, 5.41) is 11.2. The molecule has 1 saturated heterocycles. The van der Waals surface area contributed by atoms with Crippen LogP contribution in [0.1, 0.15) is 36.4 Å². The molecular formula is C25H27N3O2. The number of likely N-dealkylation sites (tertiary alicyclic amines) is 1. The van der Waals surface area contributed by atoms with Gasteiger partial charge in [0.15, 0.2) is 0 Å². The van der Waals surface area contributed by atoms with Crippen molar-refractivity contribution in [2.45, 2.75) is 37.8 Å². The maximum atomic E-state index is 12.6. The summed E-state index contributed by atoms with van der Waals surface area (Å²) in [6.45, 7) is 1.56. The van der Waals surface area contributed by atoms with E-state index < -0.39 is 6.10 Å². The van der Waals surface area contributed by atoms with Gasteiger partial charge in [-0.3, -0.25) is 4.79 Å². The number of piperidine rings is 1. The van der Waals surface area contributed by atoms with Gasteiger partial charge in [-0.15, -0.1) is 0 Å². The number of carbonyl (C=O) groups excluding carboxylic acids is 1. The number of hydrogen-bond acceptors (Lipinski definition) is 3. The Kier molecular flexibility index (Phi) is 5.13. The van der Waals surface area contributed by atoms with E-state index in [9.17, 15) is 9.90 Å². The largest absolute Gasteiger partial charge is 0.391 e. The Morgan fingerprint density at radius 1 is 1.07 bits per heavy atom. The van der Waals surface area contributed by atoms with Crippen molar-refractivity contribution in [2.75, 3.05) is 13.1 Å². The summed E-state index contributed by atoms with van der Waals surface area (Å²) in [5.74, 6) is 0.633. The summed E-state index contributed by atoms with van der Waals surface area (Å²) in [4.78, 5) is 18.9. The predicted molar refractivity (Wildman–Crippen MR) is 116 cm³/mol. The van der Waals surface area contributed by atoms with Gasteiger partial charge in [-0.1, -0.05) is 54.6 Å². The van der Waals surface area contributed by atoms with Gasteiger partial charge in [0.05, 0.1) is 36.8 Å². The van der Waals surface area contributed by atoms with Crippen LogP contribution in [0.15, 0.2) is 67.1 Å². The Morgan fingerprint density at radius 2 is 1.80 bits per heavy atom. The molecule has 0 spiro atoms. The fourth-order valence-electron chi connectivity index (χ4n) is 5.04. The molecule has 3 aromatic rings. The van der Waals surface area contributed by atoms with Gasteiger partial charge in [0.25, 0.3) is 0 Å². The quantitative estimate of drug-likeness (QED) is 0.709. The molecule has 0 aliphatic carbocycles. The molecule has 154 valence electrons.